The average molecular weight is 801 g/mol. The number of carboxylic acid groups (broad SMARTS) is 2. The number of aliphatic carboxylic acids is 2. The SMILES string of the molecule is CC(C)(O/N=C(\C(=O)N[C@@H]1C(=O)N2C(C(=O)O)=C(/C=C/C[n+]3cnc(N)c(NCCNC(=O)C4=CC(=O)C(=O)CN4O)c3)CS[C@H]12)c1csc(N)n1)C(=O)O. The number of thiazole rings is 1. The van der Waals surface area contributed by atoms with Crippen molar-refractivity contribution in [1.29, 1.82) is 0 Å². The Morgan fingerprint density at radius 3 is 2.60 bits per heavy atom. The fraction of sp³-hybridized carbons (Fsp3) is 0.323. The van der Waals surface area contributed by atoms with Crippen molar-refractivity contribution in [3.63, 3.8) is 0 Å². The number of amides is 3. The highest BCUT2D eigenvalue weighted by Crippen LogP contribution is 2.40. The summed E-state index contributed by atoms with van der Waals surface area (Å²) in [5.74, 6) is -6.54. The molecule has 0 aromatic carbocycles. The molecule has 24 heteroatoms. The molecule has 2 aromatic heterocycles. The van der Waals surface area contributed by atoms with Crippen molar-refractivity contribution >= 4 is 86.7 Å². The molecule has 55 heavy (non-hydrogen) atoms. The van der Waals surface area contributed by atoms with E-state index in [0.29, 0.717) is 16.3 Å². The number of nitrogens with two attached hydrogens (primary N) is 2. The molecule has 0 radical (unpaired) electrons. The van der Waals surface area contributed by atoms with Crippen LogP contribution in [0.25, 0.3) is 0 Å². The van der Waals surface area contributed by atoms with Gasteiger partial charge in [-0.25, -0.2) is 24.2 Å². The van der Waals surface area contributed by atoms with Crippen LogP contribution in [0.2, 0.25) is 0 Å². The maximum absolute atomic E-state index is 13.3. The molecule has 0 unspecified atom stereocenters. The lowest BCUT2D eigenvalue weighted by Gasteiger charge is -2.49. The van der Waals surface area contributed by atoms with Gasteiger partial charge in [-0.15, -0.1) is 23.1 Å². The van der Waals surface area contributed by atoms with E-state index < -0.39 is 70.5 Å². The molecular weight excluding hydrogens is 767 g/mol. The number of nitrogen functional groups attached to an aromatic ring is 2. The Labute approximate surface area is 318 Å². The van der Waals surface area contributed by atoms with Crippen molar-refractivity contribution in [2.75, 3.05) is 42.2 Å². The number of hydrogen-bond donors (Lipinski definition) is 8. The van der Waals surface area contributed by atoms with E-state index >= 15 is 0 Å². The normalized spacial score (nSPS) is 18.8. The van der Waals surface area contributed by atoms with Crippen LogP contribution >= 0.6 is 23.1 Å². The maximum atomic E-state index is 13.3. The first-order valence-electron chi connectivity index (χ1n) is 16.0. The molecule has 10 N–H and O–H groups in total. The molecule has 2 aromatic rings. The summed E-state index contributed by atoms with van der Waals surface area (Å²) >= 11 is 2.20. The van der Waals surface area contributed by atoms with E-state index in [0.717, 1.165) is 22.3 Å². The lowest BCUT2D eigenvalue weighted by atomic mass is 10.0. The van der Waals surface area contributed by atoms with Crippen molar-refractivity contribution in [2.24, 2.45) is 5.16 Å². The van der Waals surface area contributed by atoms with Gasteiger partial charge in [0.25, 0.3) is 29.9 Å². The van der Waals surface area contributed by atoms with Crippen LogP contribution in [0.4, 0.5) is 16.6 Å². The van der Waals surface area contributed by atoms with Crippen LogP contribution in [0.3, 0.4) is 0 Å². The zero-order chi connectivity index (χ0) is 40.2. The van der Waals surface area contributed by atoms with Crippen LogP contribution in [-0.4, -0.2) is 125 Å². The van der Waals surface area contributed by atoms with Gasteiger partial charge in [-0.3, -0.25) is 34.1 Å². The molecule has 0 bridgehead atoms. The summed E-state index contributed by atoms with van der Waals surface area (Å²) in [6.07, 6.45) is 7.01. The number of nitrogens with zero attached hydrogens (tertiary/aromatic N) is 6. The summed E-state index contributed by atoms with van der Waals surface area (Å²) in [4.78, 5) is 100. The third kappa shape index (κ3) is 8.88. The molecule has 0 saturated carbocycles. The Bertz CT molecular complexity index is 2100. The minimum absolute atomic E-state index is 0.0201. The van der Waals surface area contributed by atoms with Crippen molar-refractivity contribution in [1.82, 2.24) is 30.6 Å². The number of aromatic nitrogens is 3. The Morgan fingerprint density at radius 1 is 1.18 bits per heavy atom. The van der Waals surface area contributed by atoms with Crippen LogP contribution in [0.1, 0.15) is 19.5 Å². The molecule has 22 nitrogen and oxygen atoms in total. The Hall–Kier alpha value is -6.40. The van der Waals surface area contributed by atoms with E-state index in [9.17, 15) is 49.0 Å². The first kappa shape index (κ1) is 39.8. The monoisotopic (exact) mass is 800 g/mol. The number of rotatable bonds is 15. The highest BCUT2D eigenvalue weighted by Gasteiger charge is 2.54. The van der Waals surface area contributed by atoms with Crippen LogP contribution < -0.4 is 32.0 Å². The van der Waals surface area contributed by atoms with Crippen molar-refractivity contribution in [3.05, 3.63) is 58.8 Å². The number of Topliss-reactive ketones (excluding diaryl/α,β-unsaturated/α-hetero) is 1. The zero-order valence-electron chi connectivity index (χ0n) is 28.9. The van der Waals surface area contributed by atoms with Crippen molar-refractivity contribution < 1.29 is 58.4 Å². The second kappa shape index (κ2) is 16.3. The zero-order valence-corrected chi connectivity index (χ0v) is 30.5. The van der Waals surface area contributed by atoms with E-state index in [4.69, 9.17) is 16.3 Å². The van der Waals surface area contributed by atoms with Gasteiger partial charge >= 0.3 is 11.9 Å². The quantitative estimate of drug-likeness (QED) is 0.0237. The summed E-state index contributed by atoms with van der Waals surface area (Å²) in [5, 5.41) is 42.1. The van der Waals surface area contributed by atoms with Gasteiger partial charge in [0.05, 0.1) is 0 Å². The number of carbonyl (C=O) groups excluding carboxylic acids is 5. The number of thioether (sulfide) groups is 1. The first-order valence-corrected chi connectivity index (χ1v) is 17.9. The summed E-state index contributed by atoms with van der Waals surface area (Å²) in [6, 6.07) is -1.15. The lowest BCUT2D eigenvalue weighted by Crippen LogP contribution is -2.71. The summed E-state index contributed by atoms with van der Waals surface area (Å²) in [5.41, 5.74) is 9.52. The fourth-order valence-electron chi connectivity index (χ4n) is 5.03. The van der Waals surface area contributed by atoms with Crippen molar-refractivity contribution in [2.45, 2.75) is 37.4 Å². The Morgan fingerprint density at radius 2 is 1.93 bits per heavy atom. The van der Waals surface area contributed by atoms with E-state index in [1.54, 1.807) is 22.9 Å². The predicted octanol–water partition coefficient (Wildman–Crippen LogP) is -2.18. The highest BCUT2D eigenvalue weighted by atomic mass is 32.2. The number of β-lactam (4-membered cyclic amide) rings is 1. The van der Waals surface area contributed by atoms with E-state index in [1.165, 1.54) is 37.3 Å². The number of anilines is 3. The van der Waals surface area contributed by atoms with Gasteiger partial charge < -0.3 is 42.5 Å². The average Bonchev–Trinajstić information content (AvgIpc) is 3.56. The number of fused-ring (bicyclic) bond motifs is 1. The largest absolute Gasteiger partial charge is 0.478 e. The van der Waals surface area contributed by atoms with Crippen LogP contribution in [0, 0.1) is 0 Å². The molecule has 1 fully saturated rings. The Balaban J connectivity index is 1.20. The van der Waals surface area contributed by atoms with Crippen LogP contribution in [0.5, 0.6) is 0 Å². The first-order chi connectivity index (χ1) is 26.0. The molecule has 1 saturated heterocycles. The third-order valence-electron chi connectivity index (χ3n) is 7.97. The summed E-state index contributed by atoms with van der Waals surface area (Å²) in [6.45, 7) is 2.21. The topological polar surface area (TPSA) is 326 Å². The van der Waals surface area contributed by atoms with Crippen LogP contribution in [0.15, 0.2) is 58.3 Å². The molecule has 3 amide bonds. The fourth-order valence-corrected chi connectivity index (χ4v) is 6.90. The number of allylic oxidation sites excluding steroid dienone is 3. The van der Waals surface area contributed by atoms with Gasteiger partial charge in [0.1, 0.15) is 53.5 Å². The molecule has 5 heterocycles. The summed E-state index contributed by atoms with van der Waals surface area (Å²) in [7, 11) is 0. The molecule has 3 aliphatic rings. The van der Waals surface area contributed by atoms with Gasteiger partial charge in [0, 0.05) is 30.3 Å². The van der Waals surface area contributed by atoms with Gasteiger partial charge in [0.15, 0.2) is 10.8 Å². The number of carboxylic acids is 2. The minimum atomic E-state index is -1.81. The van der Waals surface area contributed by atoms with Gasteiger partial charge in [0.2, 0.25) is 17.2 Å². The van der Waals surface area contributed by atoms with Crippen molar-refractivity contribution in [3.8, 4) is 0 Å². The lowest BCUT2D eigenvalue weighted by molar-refractivity contribution is -0.689. The minimum Gasteiger partial charge on any atom is -0.478 e. The van der Waals surface area contributed by atoms with Crippen LogP contribution in [-0.2, 0) is 44.9 Å². The molecule has 290 valence electrons. The predicted molar refractivity (Wildman–Crippen MR) is 192 cm³/mol. The molecule has 0 aliphatic carbocycles. The molecule has 0 spiro atoms. The maximum Gasteiger partial charge on any atom is 0.352 e. The summed E-state index contributed by atoms with van der Waals surface area (Å²) < 4.78 is 1.63. The van der Waals surface area contributed by atoms with Gasteiger partial charge in [-0.2, -0.15) is 0 Å². The molecular formula is C31H34N11O11S2+. The molecule has 3 aliphatic heterocycles. The van der Waals surface area contributed by atoms with E-state index in [-0.39, 0.29) is 53.4 Å². The Kier molecular flexibility index (Phi) is 11.8. The number of oxime groups is 1. The second-order valence-electron chi connectivity index (χ2n) is 12.3. The molecule has 2 atom stereocenters. The van der Waals surface area contributed by atoms with Gasteiger partial charge in [-0.05, 0) is 30.5 Å². The second-order valence-corrected chi connectivity index (χ2v) is 14.3. The number of carbonyl (C=O) groups is 7. The van der Waals surface area contributed by atoms with E-state index in [1.807, 2.05) is 0 Å². The number of nitrogens with one attached hydrogen (secondary N) is 3. The smallest absolute Gasteiger partial charge is 0.352 e. The number of hydrogen-bond acceptors (Lipinski definition) is 18. The van der Waals surface area contributed by atoms with Gasteiger partial charge in [-0.1, -0.05) is 11.2 Å². The van der Waals surface area contributed by atoms with E-state index in [2.05, 4.69) is 31.1 Å². The number of hydroxylamine groups is 2. The standard InChI is InChI=1S/C31H33N11O11S2/c1-31(2,29(50)51)53-39-20(16-12-55-30(33)37-16)25(46)38-21-26(47)42-22(28(48)49)14(11-54-27(21)42)4-3-7-40-9-15(23(32)36-13-40)34-5-6-35-24(45)17-8-18(43)19(44)10-41(17)52/h3-4,8-9,12-13,21,27,32,34,52H,5-7,10-11H2,1-2H3,(H6,33,35,37,38,45,46,48,49,50,51)/p+1/b4-3+,39-20-/t21-,27-/m1/s1. The highest BCUT2D eigenvalue weighted by molar-refractivity contribution is 8.00. The molecule has 5 rings (SSSR count). The number of ketones is 2. The third-order valence-corrected chi connectivity index (χ3v) is 9.95.